The second-order valence-corrected chi connectivity index (χ2v) is 7.40. The number of hydrogen-bond acceptors (Lipinski definition) is 7. The molecule has 0 amide bonds. The number of rotatable bonds is 4. The van der Waals surface area contributed by atoms with E-state index < -0.39 is 22.4 Å². The molecule has 4 aromatic rings. The number of hydrogen-bond donors (Lipinski definition) is 1. The lowest BCUT2D eigenvalue weighted by Crippen LogP contribution is -2.24. The third kappa shape index (κ3) is 3.28. The molecule has 0 saturated carbocycles. The number of para-hydroxylation sites is 1. The van der Waals surface area contributed by atoms with Crippen LogP contribution in [0.3, 0.4) is 0 Å². The zero-order valence-electron chi connectivity index (χ0n) is 17.3. The first-order valence-electron chi connectivity index (χ1n) is 10.0. The average Bonchev–Trinajstić information content (AvgIpc) is 2.83. The number of ether oxygens (including phenoxy) is 2. The van der Waals surface area contributed by atoms with Crippen molar-refractivity contribution in [2.45, 2.75) is 6.10 Å². The fourth-order valence-corrected chi connectivity index (χ4v) is 4.04. The highest BCUT2D eigenvalue weighted by Crippen LogP contribution is 2.48. The lowest BCUT2D eigenvalue weighted by Gasteiger charge is -2.27. The van der Waals surface area contributed by atoms with Crippen LogP contribution in [0.1, 0.15) is 22.8 Å². The van der Waals surface area contributed by atoms with Gasteiger partial charge in [-0.05, 0) is 24.3 Å². The van der Waals surface area contributed by atoms with E-state index in [1.54, 1.807) is 72.8 Å². The fraction of sp³-hybridized carbons (Fsp3) is 0.0800. The summed E-state index contributed by atoms with van der Waals surface area (Å²) in [7, 11) is 1.49. The van der Waals surface area contributed by atoms with E-state index in [0.717, 1.165) is 0 Å². The maximum atomic E-state index is 13.0. The molecule has 1 aliphatic rings. The van der Waals surface area contributed by atoms with Crippen molar-refractivity contribution in [1.29, 1.82) is 0 Å². The van der Waals surface area contributed by atoms with Gasteiger partial charge in [0.1, 0.15) is 28.4 Å². The molecular formula is C25H17NO7. The van der Waals surface area contributed by atoms with Gasteiger partial charge in [0.25, 0.3) is 5.70 Å². The highest BCUT2D eigenvalue weighted by molar-refractivity contribution is 5.94. The zero-order chi connectivity index (χ0) is 23.1. The van der Waals surface area contributed by atoms with Crippen molar-refractivity contribution in [2.75, 3.05) is 7.11 Å². The molecule has 164 valence electrons. The van der Waals surface area contributed by atoms with Crippen molar-refractivity contribution in [3.8, 4) is 17.2 Å². The minimum atomic E-state index is -1.14. The van der Waals surface area contributed by atoms with Gasteiger partial charge in [-0.3, -0.25) is 10.1 Å². The molecule has 2 heterocycles. The monoisotopic (exact) mass is 443 g/mol. The number of methoxy groups -OCH3 is 1. The summed E-state index contributed by atoms with van der Waals surface area (Å²) < 4.78 is 16.8. The molecule has 1 aromatic heterocycles. The van der Waals surface area contributed by atoms with E-state index in [1.807, 2.05) is 0 Å². The van der Waals surface area contributed by atoms with Crippen molar-refractivity contribution < 1.29 is 23.9 Å². The molecular weight excluding hydrogens is 426 g/mol. The normalized spacial score (nSPS) is 15.1. The molecule has 0 bridgehead atoms. The lowest BCUT2D eigenvalue weighted by atomic mass is 9.89. The zero-order valence-corrected chi connectivity index (χ0v) is 17.3. The molecule has 0 spiro atoms. The van der Waals surface area contributed by atoms with Crippen molar-refractivity contribution in [1.82, 2.24) is 0 Å². The predicted molar refractivity (Wildman–Crippen MR) is 120 cm³/mol. The summed E-state index contributed by atoms with van der Waals surface area (Å²) in [5.74, 6) is 0.349. The third-order valence-electron chi connectivity index (χ3n) is 5.54. The van der Waals surface area contributed by atoms with Crippen LogP contribution >= 0.6 is 0 Å². The van der Waals surface area contributed by atoms with Crippen molar-refractivity contribution >= 4 is 16.5 Å². The summed E-state index contributed by atoms with van der Waals surface area (Å²) in [6, 6.07) is 19.8. The Morgan fingerprint density at radius 1 is 1.03 bits per heavy atom. The lowest BCUT2D eigenvalue weighted by molar-refractivity contribution is -0.435. The fourth-order valence-electron chi connectivity index (χ4n) is 4.04. The van der Waals surface area contributed by atoms with Crippen LogP contribution in [0.2, 0.25) is 0 Å². The molecule has 0 fully saturated rings. The third-order valence-corrected chi connectivity index (χ3v) is 5.54. The molecule has 1 aliphatic heterocycles. The van der Waals surface area contributed by atoms with E-state index in [2.05, 4.69) is 0 Å². The Bertz CT molecular complexity index is 1490. The number of nitro groups is 1. The van der Waals surface area contributed by atoms with Crippen LogP contribution in [0.4, 0.5) is 0 Å². The second kappa shape index (κ2) is 7.83. The van der Waals surface area contributed by atoms with Crippen LogP contribution in [-0.2, 0) is 0 Å². The van der Waals surface area contributed by atoms with Crippen LogP contribution < -0.4 is 15.1 Å². The van der Waals surface area contributed by atoms with Gasteiger partial charge in [0.2, 0.25) is 6.10 Å². The SMILES string of the molecule is COc1ccc2c(c1)OC(c1ccccc1)C([N+](=O)[O-])=C2c1c(O)c2ccccc2oc1=O. The number of nitrogens with zero attached hydrogens (tertiary/aromatic N) is 1. The highest BCUT2D eigenvalue weighted by Gasteiger charge is 2.41. The Hall–Kier alpha value is -4.59. The number of fused-ring (bicyclic) bond motifs is 2. The van der Waals surface area contributed by atoms with E-state index in [-0.39, 0.29) is 39.1 Å². The summed E-state index contributed by atoms with van der Waals surface area (Å²) in [6.45, 7) is 0. The summed E-state index contributed by atoms with van der Waals surface area (Å²) in [4.78, 5) is 24.8. The van der Waals surface area contributed by atoms with Gasteiger partial charge in [-0.1, -0.05) is 42.5 Å². The van der Waals surface area contributed by atoms with Crippen molar-refractivity contribution in [3.05, 3.63) is 116 Å². The van der Waals surface area contributed by atoms with Gasteiger partial charge in [0.05, 0.1) is 23.0 Å². The average molecular weight is 443 g/mol. The molecule has 0 aliphatic carbocycles. The predicted octanol–water partition coefficient (Wildman–Crippen LogP) is 4.68. The largest absolute Gasteiger partial charge is 0.506 e. The Balaban J connectivity index is 1.90. The Morgan fingerprint density at radius 2 is 1.76 bits per heavy atom. The molecule has 0 radical (unpaired) electrons. The van der Waals surface area contributed by atoms with Gasteiger partial charge in [-0.15, -0.1) is 0 Å². The first-order valence-corrected chi connectivity index (χ1v) is 10.0. The van der Waals surface area contributed by atoms with Gasteiger partial charge >= 0.3 is 5.63 Å². The minimum absolute atomic E-state index is 0.0604. The van der Waals surface area contributed by atoms with E-state index in [9.17, 15) is 20.0 Å². The maximum Gasteiger partial charge on any atom is 0.348 e. The number of aromatic hydroxyl groups is 1. The molecule has 33 heavy (non-hydrogen) atoms. The molecule has 1 atom stereocenters. The molecule has 3 aromatic carbocycles. The first kappa shape index (κ1) is 20.3. The van der Waals surface area contributed by atoms with Gasteiger partial charge in [0.15, 0.2) is 0 Å². The Kier molecular flexibility index (Phi) is 4.82. The second-order valence-electron chi connectivity index (χ2n) is 7.40. The summed E-state index contributed by atoms with van der Waals surface area (Å²) in [6.07, 6.45) is -1.14. The molecule has 0 saturated heterocycles. The van der Waals surface area contributed by atoms with E-state index in [1.165, 1.54) is 7.11 Å². The van der Waals surface area contributed by atoms with Crippen molar-refractivity contribution in [3.63, 3.8) is 0 Å². The van der Waals surface area contributed by atoms with Crippen molar-refractivity contribution in [2.24, 2.45) is 0 Å². The summed E-state index contributed by atoms with van der Waals surface area (Å²) >= 11 is 0. The maximum absolute atomic E-state index is 13.0. The molecule has 5 rings (SSSR count). The van der Waals surface area contributed by atoms with Crippen LogP contribution in [0.25, 0.3) is 16.5 Å². The highest BCUT2D eigenvalue weighted by atomic mass is 16.6. The quantitative estimate of drug-likeness (QED) is 0.277. The molecule has 1 N–H and O–H groups in total. The van der Waals surface area contributed by atoms with Crippen LogP contribution in [-0.4, -0.2) is 17.1 Å². The smallest absolute Gasteiger partial charge is 0.348 e. The van der Waals surface area contributed by atoms with Gasteiger partial charge in [0, 0.05) is 17.2 Å². The molecule has 1 unspecified atom stereocenters. The Morgan fingerprint density at radius 3 is 2.48 bits per heavy atom. The van der Waals surface area contributed by atoms with E-state index >= 15 is 0 Å². The van der Waals surface area contributed by atoms with E-state index in [0.29, 0.717) is 11.3 Å². The first-order chi connectivity index (χ1) is 16.0. The standard InChI is InChI=1S/C25H17NO7/c1-31-15-11-12-16-19(13-15)32-24(14-7-3-2-4-8-14)22(26(29)30)20(16)21-23(27)17-9-5-6-10-18(17)33-25(21)28/h2-13,24,27H,1H3. The van der Waals surface area contributed by atoms with Crippen LogP contribution in [0.15, 0.2) is 87.7 Å². The molecule has 8 heteroatoms. The van der Waals surface area contributed by atoms with Gasteiger partial charge in [-0.25, -0.2) is 4.79 Å². The molecule has 8 nitrogen and oxygen atoms in total. The van der Waals surface area contributed by atoms with Crippen LogP contribution in [0, 0.1) is 10.1 Å². The van der Waals surface area contributed by atoms with E-state index in [4.69, 9.17) is 13.9 Å². The Labute approximate surface area is 187 Å². The van der Waals surface area contributed by atoms with Gasteiger partial charge < -0.3 is 19.0 Å². The van der Waals surface area contributed by atoms with Crippen LogP contribution in [0.5, 0.6) is 17.2 Å². The minimum Gasteiger partial charge on any atom is -0.506 e. The topological polar surface area (TPSA) is 112 Å². The summed E-state index contributed by atoms with van der Waals surface area (Å²) in [5.41, 5.74) is -0.667. The number of benzene rings is 3. The summed E-state index contributed by atoms with van der Waals surface area (Å²) in [5, 5.41) is 23.7. The van der Waals surface area contributed by atoms with Gasteiger partial charge in [-0.2, -0.15) is 0 Å².